The molecule has 0 amide bonds. The highest BCUT2D eigenvalue weighted by Gasteiger charge is 2.14. The zero-order chi connectivity index (χ0) is 13.0. The number of sulfonamides is 1. The summed E-state index contributed by atoms with van der Waals surface area (Å²) in [5.41, 5.74) is 6.63. The van der Waals surface area contributed by atoms with E-state index in [1.807, 2.05) is 0 Å². The number of hydrogen-bond donors (Lipinski definition) is 2. The second-order valence-electron chi connectivity index (χ2n) is 3.53. The second kappa shape index (κ2) is 4.96. The first kappa shape index (κ1) is 12.2. The maximum atomic E-state index is 11.8. The first-order valence-electron chi connectivity index (χ1n) is 5.04. The van der Waals surface area contributed by atoms with Crippen molar-refractivity contribution < 1.29 is 8.42 Å². The van der Waals surface area contributed by atoms with E-state index in [2.05, 4.69) is 19.9 Å². The second-order valence-corrected chi connectivity index (χ2v) is 5.25. The maximum absolute atomic E-state index is 11.8. The lowest BCUT2D eigenvalue weighted by Crippen LogP contribution is -2.17. The summed E-state index contributed by atoms with van der Waals surface area (Å²) in [5.74, 6) is -0.301. The molecule has 2 aromatic rings. The number of benzene rings is 1. The van der Waals surface area contributed by atoms with E-state index in [0.29, 0.717) is 11.3 Å². The van der Waals surface area contributed by atoms with Gasteiger partial charge in [0.15, 0.2) is 0 Å². The Morgan fingerprint density at radius 1 is 1.22 bits per heavy atom. The molecule has 0 unspecified atom stereocenters. The van der Waals surface area contributed by atoms with Crippen molar-refractivity contribution in [2.45, 2.75) is 5.75 Å². The van der Waals surface area contributed by atoms with Gasteiger partial charge in [-0.05, 0) is 11.6 Å². The molecule has 0 saturated carbocycles. The minimum Gasteiger partial charge on any atom is -0.398 e. The average molecular weight is 265 g/mol. The van der Waals surface area contributed by atoms with Gasteiger partial charge in [-0.3, -0.25) is 0 Å². The Balaban J connectivity index is 2.16. The molecule has 94 valence electrons. The van der Waals surface area contributed by atoms with Gasteiger partial charge in [-0.15, -0.1) is 5.10 Å². The highest BCUT2D eigenvalue weighted by Crippen LogP contribution is 2.14. The Bertz CT molecular complexity index is 630. The van der Waals surface area contributed by atoms with Gasteiger partial charge in [-0.1, -0.05) is 18.2 Å². The van der Waals surface area contributed by atoms with Gasteiger partial charge in [0.25, 0.3) is 5.95 Å². The van der Waals surface area contributed by atoms with E-state index in [1.54, 1.807) is 24.3 Å². The van der Waals surface area contributed by atoms with Crippen LogP contribution in [0.1, 0.15) is 5.56 Å². The molecule has 0 aliphatic rings. The quantitative estimate of drug-likeness (QED) is 0.774. The van der Waals surface area contributed by atoms with Crippen molar-refractivity contribution in [2.75, 3.05) is 10.5 Å². The van der Waals surface area contributed by atoms with E-state index < -0.39 is 10.0 Å². The molecule has 0 fully saturated rings. The zero-order valence-electron chi connectivity index (χ0n) is 9.31. The lowest BCUT2D eigenvalue weighted by molar-refractivity contribution is 0.600. The highest BCUT2D eigenvalue weighted by molar-refractivity contribution is 7.91. The van der Waals surface area contributed by atoms with Gasteiger partial charge in [0.05, 0.1) is 18.1 Å². The summed E-state index contributed by atoms with van der Waals surface area (Å²) in [5, 5.41) is 7.07. The molecule has 3 N–H and O–H groups in total. The van der Waals surface area contributed by atoms with E-state index in [9.17, 15) is 8.42 Å². The summed E-state index contributed by atoms with van der Waals surface area (Å²) in [6.45, 7) is 0. The third-order valence-corrected chi connectivity index (χ3v) is 3.31. The number of nitrogens with zero attached hydrogens (tertiary/aromatic N) is 3. The molecule has 0 atom stereocenters. The van der Waals surface area contributed by atoms with Crippen molar-refractivity contribution in [2.24, 2.45) is 0 Å². The molecule has 7 nitrogen and oxygen atoms in total. The lowest BCUT2D eigenvalue weighted by Gasteiger charge is -2.07. The molecule has 1 aromatic heterocycles. The average Bonchev–Trinajstić information content (AvgIpc) is 2.32. The summed E-state index contributed by atoms with van der Waals surface area (Å²) in [6.07, 6.45) is 2.70. The van der Waals surface area contributed by atoms with Gasteiger partial charge in [-0.2, -0.15) is 5.10 Å². The maximum Gasteiger partial charge on any atom is 0.256 e. The van der Waals surface area contributed by atoms with E-state index in [0.717, 1.165) is 0 Å². The van der Waals surface area contributed by atoms with Crippen LogP contribution >= 0.6 is 0 Å². The topological polar surface area (TPSA) is 111 Å². The SMILES string of the molecule is Nc1ccccc1CS(=O)(=O)Nc1nccnn1. The molecule has 18 heavy (non-hydrogen) atoms. The fourth-order valence-corrected chi connectivity index (χ4v) is 2.46. The minimum atomic E-state index is -3.61. The number of nitrogens with two attached hydrogens (primary N) is 1. The van der Waals surface area contributed by atoms with Crippen LogP contribution in [0, 0.1) is 0 Å². The van der Waals surface area contributed by atoms with Crippen molar-refractivity contribution in [3.05, 3.63) is 42.2 Å². The van der Waals surface area contributed by atoms with Crippen LogP contribution in [0.25, 0.3) is 0 Å². The van der Waals surface area contributed by atoms with Crippen molar-refractivity contribution in [1.29, 1.82) is 0 Å². The van der Waals surface area contributed by atoms with Crippen LogP contribution in [-0.4, -0.2) is 23.6 Å². The van der Waals surface area contributed by atoms with Crippen molar-refractivity contribution in [1.82, 2.24) is 15.2 Å². The Morgan fingerprint density at radius 3 is 2.67 bits per heavy atom. The van der Waals surface area contributed by atoms with Crippen molar-refractivity contribution in [3.8, 4) is 0 Å². The van der Waals surface area contributed by atoms with E-state index in [1.165, 1.54) is 12.4 Å². The summed E-state index contributed by atoms with van der Waals surface area (Å²) in [6, 6.07) is 6.76. The molecule has 2 rings (SSSR count). The van der Waals surface area contributed by atoms with Crippen LogP contribution in [0.2, 0.25) is 0 Å². The monoisotopic (exact) mass is 265 g/mol. The lowest BCUT2D eigenvalue weighted by atomic mass is 10.2. The number of hydrogen-bond acceptors (Lipinski definition) is 6. The zero-order valence-corrected chi connectivity index (χ0v) is 10.1. The predicted octanol–water partition coefficient (Wildman–Crippen LogP) is 0.396. The van der Waals surface area contributed by atoms with Crippen LogP contribution in [0.3, 0.4) is 0 Å². The van der Waals surface area contributed by atoms with Crippen LogP contribution in [0.15, 0.2) is 36.7 Å². The van der Waals surface area contributed by atoms with E-state index in [-0.39, 0.29) is 11.7 Å². The summed E-state index contributed by atoms with van der Waals surface area (Å²) in [4.78, 5) is 3.73. The normalized spacial score (nSPS) is 11.1. The third kappa shape index (κ3) is 3.14. The van der Waals surface area contributed by atoms with Crippen LogP contribution in [-0.2, 0) is 15.8 Å². The molecule has 1 aromatic carbocycles. The fraction of sp³-hybridized carbons (Fsp3) is 0.100. The highest BCUT2D eigenvalue weighted by atomic mass is 32.2. The van der Waals surface area contributed by atoms with Crippen molar-refractivity contribution >= 4 is 21.7 Å². The van der Waals surface area contributed by atoms with Gasteiger partial charge in [0, 0.05) is 5.69 Å². The molecule has 0 saturated heterocycles. The number of para-hydroxylation sites is 1. The molecule has 1 heterocycles. The molecular formula is C10H11N5O2S. The summed E-state index contributed by atoms with van der Waals surface area (Å²) < 4.78 is 25.9. The minimum absolute atomic E-state index is 0.0630. The molecular weight excluding hydrogens is 254 g/mol. The first-order valence-corrected chi connectivity index (χ1v) is 6.69. The molecule has 0 aliphatic carbocycles. The van der Waals surface area contributed by atoms with Crippen LogP contribution in [0.5, 0.6) is 0 Å². The Morgan fingerprint density at radius 2 is 2.00 bits per heavy atom. The van der Waals surface area contributed by atoms with Crippen molar-refractivity contribution in [3.63, 3.8) is 0 Å². The molecule has 0 bridgehead atoms. The largest absolute Gasteiger partial charge is 0.398 e. The number of rotatable bonds is 4. The molecule has 0 aliphatic heterocycles. The predicted molar refractivity (Wildman–Crippen MR) is 66.9 cm³/mol. The van der Waals surface area contributed by atoms with Gasteiger partial charge >= 0.3 is 0 Å². The first-order chi connectivity index (χ1) is 8.57. The molecule has 0 spiro atoms. The standard InChI is InChI=1S/C10H11N5O2S/c11-9-4-2-1-3-8(9)7-18(16,17)15-10-12-5-6-13-14-10/h1-6H,7,11H2,(H,12,14,15). The Labute approximate surface area is 104 Å². The van der Waals surface area contributed by atoms with E-state index in [4.69, 9.17) is 5.73 Å². The summed E-state index contributed by atoms with van der Waals surface area (Å²) in [7, 11) is -3.61. The fourth-order valence-electron chi connectivity index (χ4n) is 1.34. The third-order valence-electron chi connectivity index (χ3n) is 2.13. The number of aromatic nitrogens is 3. The van der Waals surface area contributed by atoms with E-state index >= 15 is 0 Å². The molecule has 8 heteroatoms. The van der Waals surface area contributed by atoms with Gasteiger partial charge < -0.3 is 5.73 Å². The van der Waals surface area contributed by atoms with Gasteiger partial charge in [0.2, 0.25) is 10.0 Å². The number of nitrogen functional groups attached to an aromatic ring is 1. The Hall–Kier alpha value is -2.22. The van der Waals surface area contributed by atoms with Gasteiger partial charge in [-0.25, -0.2) is 18.1 Å². The Kier molecular flexibility index (Phi) is 3.38. The smallest absolute Gasteiger partial charge is 0.256 e. The number of nitrogens with one attached hydrogen (secondary N) is 1. The molecule has 0 radical (unpaired) electrons. The van der Waals surface area contributed by atoms with Gasteiger partial charge in [0.1, 0.15) is 0 Å². The van der Waals surface area contributed by atoms with Crippen LogP contribution < -0.4 is 10.5 Å². The number of anilines is 2. The summed E-state index contributed by atoms with van der Waals surface area (Å²) >= 11 is 0. The van der Waals surface area contributed by atoms with Crippen LogP contribution in [0.4, 0.5) is 11.6 Å².